The lowest BCUT2D eigenvalue weighted by atomic mass is 9.91. The summed E-state index contributed by atoms with van der Waals surface area (Å²) in [6, 6.07) is 3.76. The number of rotatable bonds is 7. The fourth-order valence-corrected chi connectivity index (χ4v) is 5.05. The van der Waals surface area contributed by atoms with Crippen LogP contribution in [0.1, 0.15) is 36.9 Å². The maximum absolute atomic E-state index is 14.6. The van der Waals surface area contributed by atoms with Gasteiger partial charge in [-0.25, -0.2) is 24.3 Å². The number of methoxy groups -OCH3 is 1. The monoisotopic (exact) mass is 483 g/mol. The van der Waals surface area contributed by atoms with Crippen LogP contribution in [0.5, 0.6) is 5.88 Å². The number of fused-ring (bicyclic) bond motifs is 2. The molecule has 178 valence electrons. The zero-order valence-electron chi connectivity index (χ0n) is 18.8. The Balaban J connectivity index is 1.13. The van der Waals surface area contributed by atoms with Crippen molar-refractivity contribution in [3.05, 3.63) is 41.6 Å². The van der Waals surface area contributed by atoms with Crippen molar-refractivity contribution < 1.29 is 13.9 Å². The Morgan fingerprint density at radius 3 is 2.62 bits per heavy atom. The zero-order chi connectivity index (χ0) is 23.5. The van der Waals surface area contributed by atoms with Crippen molar-refractivity contribution in [1.82, 2.24) is 30.6 Å². The predicted octanol–water partition coefficient (Wildman–Crippen LogP) is 2.80. The first-order chi connectivity index (χ1) is 16.6. The van der Waals surface area contributed by atoms with Gasteiger partial charge in [0.05, 0.1) is 36.5 Å². The number of halogens is 1. The van der Waals surface area contributed by atoms with Crippen molar-refractivity contribution in [1.29, 1.82) is 0 Å². The van der Waals surface area contributed by atoms with Gasteiger partial charge < -0.3 is 20.7 Å². The number of ether oxygens (including phenoxy) is 1. The zero-order valence-corrected chi connectivity index (χ0v) is 19.6. The van der Waals surface area contributed by atoms with Gasteiger partial charge in [-0.1, -0.05) is 11.8 Å². The molecule has 0 bridgehead atoms. The van der Waals surface area contributed by atoms with Crippen molar-refractivity contribution in [3.63, 3.8) is 0 Å². The number of carbonyl (C=O) groups excluding carboxylic acids is 1. The molecule has 1 aliphatic carbocycles. The molecule has 2 aromatic heterocycles. The quantitative estimate of drug-likeness (QED) is 0.467. The minimum absolute atomic E-state index is 0.0442. The number of thioether (sulfide) groups is 1. The highest BCUT2D eigenvalue weighted by Gasteiger charge is 2.23. The van der Waals surface area contributed by atoms with Crippen LogP contribution in [0.4, 0.5) is 10.2 Å². The minimum Gasteiger partial charge on any atom is -0.480 e. The van der Waals surface area contributed by atoms with Crippen LogP contribution in [0, 0.1) is 5.82 Å². The van der Waals surface area contributed by atoms with Crippen LogP contribution < -0.4 is 20.7 Å². The number of hydrogen-bond acceptors (Lipinski definition) is 9. The van der Waals surface area contributed by atoms with Crippen molar-refractivity contribution in [3.8, 4) is 5.88 Å². The molecule has 0 unspecified atom stereocenters. The highest BCUT2D eigenvalue weighted by molar-refractivity contribution is 8.00. The van der Waals surface area contributed by atoms with Crippen molar-refractivity contribution in [2.45, 2.75) is 55.9 Å². The van der Waals surface area contributed by atoms with Crippen LogP contribution in [0.25, 0.3) is 11.0 Å². The van der Waals surface area contributed by atoms with E-state index in [4.69, 9.17) is 4.74 Å². The molecule has 9 nitrogen and oxygen atoms in total. The Morgan fingerprint density at radius 1 is 1.09 bits per heavy atom. The van der Waals surface area contributed by atoms with E-state index in [1.165, 1.54) is 31.1 Å². The van der Waals surface area contributed by atoms with Gasteiger partial charge in [0.1, 0.15) is 16.4 Å². The van der Waals surface area contributed by atoms with Crippen LogP contribution in [-0.2, 0) is 17.9 Å². The van der Waals surface area contributed by atoms with Crippen LogP contribution in [0.2, 0.25) is 0 Å². The van der Waals surface area contributed by atoms with Gasteiger partial charge in [-0.2, -0.15) is 0 Å². The summed E-state index contributed by atoms with van der Waals surface area (Å²) >= 11 is 1.41. The van der Waals surface area contributed by atoms with Crippen LogP contribution in [0.3, 0.4) is 0 Å². The van der Waals surface area contributed by atoms with Crippen molar-refractivity contribution >= 4 is 34.5 Å². The molecule has 1 amide bonds. The first-order valence-electron chi connectivity index (χ1n) is 11.3. The number of carbonyl (C=O) groups is 1. The largest absolute Gasteiger partial charge is 0.480 e. The molecule has 34 heavy (non-hydrogen) atoms. The van der Waals surface area contributed by atoms with E-state index in [0.29, 0.717) is 59.2 Å². The second-order valence-corrected chi connectivity index (χ2v) is 9.43. The van der Waals surface area contributed by atoms with Gasteiger partial charge in [-0.05, 0) is 37.8 Å². The molecule has 0 saturated heterocycles. The average molecular weight is 484 g/mol. The maximum Gasteiger partial charge on any atom is 0.236 e. The Kier molecular flexibility index (Phi) is 6.84. The Labute approximate surface area is 200 Å². The molecule has 5 rings (SSSR count). The van der Waals surface area contributed by atoms with E-state index >= 15 is 0 Å². The molecule has 0 spiro atoms. The Hall–Kier alpha value is -2.89. The van der Waals surface area contributed by atoms with Crippen LogP contribution in [0.15, 0.2) is 29.6 Å². The lowest BCUT2D eigenvalue weighted by molar-refractivity contribution is -0.113. The molecule has 3 N–H and O–H groups in total. The smallest absolute Gasteiger partial charge is 0.236 e. The lowest BCUT2D eigenvalue weighted by Crippen LogP contribution is -2.39. The maximum atomic E-state index is 14.6. The molecule has 0 radical (unpaired) electrons. The topological polar surface area (TPSA) is 114 Å². The summed E-state index contributed by atoms with van der Waals surface area (Å²) in [7, 11) is 1.52. The normalized spacial score (nSPS) is 20.1. The predicted molar refractivity (Wildman–Crippen MR) is 127 cm³/mol. The van der Waals surface area contributed by atoms with Crippen molar-refractivity contribution in [2.24, 2.45) is 0 Å². The number of aromatic nitrogens is 4. The van der Waals surface area contributed by atoms with Gasteiger partial charge in [0.25, 0.3) is 0 Å². The summed E-state index contributed by atoms with van der Waals surface area (Å²) in [4.78, 5) is 29.2. The van der Waals surface area contributed by atoms with E-state index in [1.54, 1.807) is 12.3 Å². The first-order valence-corrected chi connectivity index (χ1v) is 12.3. The minimum atomic E-state index is -0.293. The van der Waals surface area contributed by atoms with Crippen molar-refractivity contribution in [2.75, 3.05) is 18.2 Å². The standard InChI is InChI=1S/C23H26FN7O2S/c1-33-20-11-27-18-7-6-17(24)16(21(18)31-20)10-26-14-4-2-13(3-5-14)25-8-15-9-28-23-22(29-15)30-19(32)12-34-23/h6-7,9,11,13-14,25-26H,2-5,8,10,12H2,1H3,(H,29,30,32). The van der Waals surface area contributed by atoms with E-state index in [0.717, 1.165) is 36.4 Å². The molecule has 1 saturated carbocycles. The van der Waals surface area contributed by atoms with Gasteiger partial charge in [-0.15, -0.1) is 0 Å². The van der Waals surface area contributed by atoms with Gasteiger partial charge >= 0.3 is 0 Å². The average Bonchev–Trinajstić information content (AvgIpc) is 2.87. The summed E-state index contributed by atoms with van der Waals surface area (Å²) in [5.74, 6) is 0.966. The highest BCUT2D eigenvalue weighted by atomic mass is 32.2. The first kappa shape index (κ1) is 22.9. The molecule has 3 aromatic rings. The number of hydrogen-bond donors (Lipinski definition) is 3. The molecule has 3 heterocycles. The van der Waals surface area contributed by atoms with Gasteiger partial charge in [0.2, 0.25) is 11.8 Å². The summed E-state index contributed by atoms with van der Waals surface area (Å²) in [6.07, 6.45) is 7.29. The Morgan fingerprint density at radius 2 is 1.85 bits per heavy atom. The number of anilines is 1. The molecular weight excluding hydrogens is 457 g/mol. The fourth-order valence-electron chi connectivity index (χ4n) is 4.34. The second kappa shape index (κ2) is 10.2. The number of nitrogens with one attached hydrogen (secondary N) is 3. The third kappa shape index (κ3) is 5.11. The molecular formula is C23H26FN7O2S. The summed E-state index contributed by atoms with van der Waals surface area (Å²) < 4.78 is 19.7. The number of nitrogens with zero attached hydrogens (tertiary/aromatic N) is 4. The van der Waals surface area contributed by atoms with Gasteiger partial charge in [0, 0.05) is 30.7 Å². The lowest BCUT2D eigenvalue weighted by Gasteiger charge is -2.30. The van der Waals surface area contributed by atoms with Crippen LogP contribution >= 0.6 is 11.8 Å². The van der Waals surface area contributed by atoms with Gasteiger partial charge in [0.15, 0.2) is 5.82 Å². The van der Waals surface area contributed by atoms with E-state index < -0.39 is 0 Å². The molecule has 0 atom stereocenters. The molecule has 1 aromatic carbocycles. The summed E-state index contributed by atoms with van der Waals surface area (Å²) in [5.41, 5.74) is 2.50. The molecule has 2 aliphatic rings. The van der Waals surface area contributed by atoms with E-state index in [2.05, 4.69) is 35.9 Å². The fraction of sp³-hybridized carbons (Fsp3) is 0.435. The Bertz CT molecular complexity index is 1200. The molecule has 1 fully saturated rings. The summed E-state index contributed by atoms with van der Waals surface area (Å²) in [5, 5.41) is 10.6. The molecule has 11 heteroatoms. The highest BCUT2D eigenvalue weighted by Crippen LogP contribution is 2.27. The van der Waals surface area contributed by atoms with E-state index in [-0.39, 0.29) is 11.7 Å². The van der Waals surface area contributed by atoms with Gasteiger partial charge in [-0.3, -0.25) is 4.79 Å². The second-order valence-electron chi connectivity index (χ2n) is 8.47. The van der Waals surface area contributed by atoms with E-state index in [1.807, 2.05) is 0 Å². The third-order valence-corrected chi connectivity index (χ3v) is 7.18. The van der Waals surface area contributed by atoms with Crippen LogP contribution in [-0.4, -0.2) is 50.8 Å². The number of benzene rings is 1. The number of amides is 1. The van der Waals surface area contributed by atoms with E-state index in [9.17, 15) is 9.18 Å². The molecule has 1 aliphatic heterocycles. The summed E-state index contributed by atoms with van der Waals surface area (Å²) in [6.45, 7) is 0.994. The third-order valence-electron chi connectivity index (χ3n) is 6.20. The SMILES string of the molecule is COc1cnc2ccc(F)c(CNC3CCC(NCc4cnc5c(n4)NC(=O)CS5)CC3)c2n1.